The summed E-state index contributed by atoms with van der Waals surface area (Å²) >= 11 is 1.37. The van der Waals surface area contributed by atoms with Crippen LogP contribution in [-0.2, 0) is 11.3 Å². The van der Waals surface area contributed by atoms with E-state index in [2.05, 4.69) is 5.32 Å². The van der Waals surface area contributed by atoms with Gasteiger partial charge in [0.2, 0.25) is 5.91 Å². The predicted octanol–water partition coefficient (Wildman–Crippen LogP) is 3.47. The van der Waals surface area contributed by atoms with Gasteiger partial charge in [0.25, 0.3) is 5.91 Å². The Morgan fingerprint density at radius 2 is 1.88 bits per heavy atom. The molecule has 4 nitrogen and oxygen atoms in total. The lowest BCUT2D eigenvalue weighted by Crippen LogP contribution is -2.49. The molecule has 2 amide bonds. The molecule has 0 bridgehead atoms. The number of amides is 2. The van der Waals surface area contributed by atoms with Gasteiger partial charge in [-0.2, -0.15) is 0 Å². The third kappa shape index (κ3) is 4.45. The van der Waals surface area contributed by atoms with Gasteiger partial charge in [-0.05, 0) is 35.4 Å². The van der Waals surface area contributed by atoms with Crippen molar-refractivity contribution >= 4 is 23.2 Å². The molecule has 2 rings (SSSR count). The Labute approximate surface area is 147 Å². The first-order valence-corrected chi connectivity index (χ1v) is 8.92. The summed E-state index contributed by atoms with van der Waals surface area (Å²) in [6, 6.07) is 11.1. The van der Waals surface area contributed by atoms with E-state index in [1.54, 1.807) is 18.0 Å². The van der Waals surface area contributed by atoms with Crippen LogP contribution in [0.1, 0.15) is 34.6 Å². The standard InChI is InChI=1S/C19H24N2O2S/c1-13(2)17(20-18(22)16-10-7-11-24-16)19(23)21(4)12-15-9-6-5-8-14(15)3/h5-11,13,17H,12H2,1-4H3,(H,20,22). The summed E-state index contributed by atoms with van der Waals surface area (Å²) in [4.78, 5) is 27.4. The largest absolute Gasteiger partial charge is 0.340 e. The van der Waals surface area contributed by atoms with Crippen molar-refractivity contribution < 1.29 is 9.59 Å². The smallest absolute Gasteiger partial charge is 0.262 e. The van der Waals surface area contributed by atoms with Crippen LogP contribution < -0.4 is 5.32 Å². The number of carbonyl (C=O) groups is 2. The van der Waals surface area contributed by atoms with Crippen molar-refractivity contribution in [2.45, 2.75) is 33.4 Å². The Kier molecular flexibility index (Phi) is 6.15. The van der Waals surface area contributed by atoms with Crippen LogP contribution >= 0.6 is 11.3 Å². The molecule has 1 heterocycles. The minimum Gasteiger partial charge on any atom is -0.340 e. The van der Waals surface area contributed by atoms with Crippen LogP contribution in [0, 0.1) is 12.8 Å². The summed E-state index contributed by atoms with van der Waals surface area (Å²) in [6.07, 6.45) is 0. The van der Waals surface area contributed by atoms with Gasteiger partial charge in [-0.3, -0.25) is 9.59 Å². The van der Waals surface area contributed by atoms with Gasteiger partial charge in [-0.15, -0.1) is 11.3 Å². The van der Waals surface area contributed by atoms with E-state index in [0.29, 0.717) is 11.4 Å². The highest BCUT2D eigenvalue weighted by molar-refractivity contribution is 7.12. The highest BCUT2D eigenvalue weighted by atomic mass is 32.1. The lowest BCUT2D eigenvalue weighted by atomic mass is 10.0. The van der Waals surface area contributed by atoms with Crippen LogP contribution in [0.15, 0.2) is 41.8 Å². The third-order valence-electron chi connectivity index (χ3n) is 4.01. The zero-order chi connectivity index (χ0) is 17.7. The quantitative estimate of drug-likeness (QED) is 0.872. The van der Waals surface area contributed by atoms with Crippen LogP contribution in [0.5, 0.6) is 0 Å². The average molecular weight is 344 g/mol. The number of aryl methyl sites for hydroxylation is 1. The lowest BCUT2D eigenvalue weighted by Gasteiger charge is -2.27. The van der Waals surface area contributed by atoms with Gasteiger partial charge in [-0.25, -0.2) is 0 Å². The molecule has 1 aromatic carbocycles. The van der Waals surface area contributed by atoms with Gasteiger partial charge in [0, 0.05) is 13.6 Å². The number of carbonyl (C=O) groups excluding carboxylic acids is 2. The van der Waals surface area contributed by atoms with Gasteiger partial charge in [0.15, 0.2) is 0 Å². The average Bonchev–Trinajstić information content (AvgIpc) is 3.08. The van der Waals surface area contributed by atoms with Crippen molar-refractivity contribution in [3.63, 3.8) is 0 Å². The zero-order valence-corrected chi connectivity index (χ0v) is 15.4. The van der Waals surface area contributed by atoms with Crippen molar-refractivity contribution in [2.75, 3.05) is 7.05 Å². The summed E-state index contributed by atoms with van der Waals surface area (Å²) in [5, 5.41) is 4.73. The first-order chi connectivity index (χ1) is 11.4. The number of rotatable bonds is 6. The monoisotopic (exact) mass is 344 g/mol. The second-order valence-electron chi connectivity index (χ2n) is 6.29. The molecule has 1 N–H and O–H groups in total. The summed E-state index contributed by atoms with van der Waals surface area (Å²) in [7, 11) is 1.78. The molecule has 0 fully saturated rings. The van der Waals surface area contributed by atoms with E-state index in [9.17, 15) is 9.59 Å². The molecule has 0 aliphatic rings. The van der Waals surface area contributed by atoms with Gasteiger partial charge in [-0.1, -0.05) is 44.2 Å². The number of thiophene rings is 1. The van der Waals surface area contributed by atoms with Gasteiger partial charge < -0.3 is 10.2 Å². The van der Waals surface area contributed by atoms with E-state index in [4.69, 9.17) is 0 Å². The molecule has 1 aromatic heterocycles. The molecule has 0 saturated carbocycles. The van der Waals surface area contributed by atoms with E-state index < -0.39 is 6.04 Å². The summed E-state index contributed by atoms with van der Waals surface area (Å²) in [6.45, 7) is 6.45. The Morgan fingerprint density at radius 3 is 2.46 bits per heavy atom. The number of nitrogens with zero attached hydrogens (tertiary/aromatic N) is 1. The van der Waals surface area contributed by atoms with Gasteiger partial charge >= 0.3 is 0 Å². The molecule has 1 unspecified atom stereocenters. The Balaban J connectivity index is 2.08. The molecule has 5 heteroatoms. The third-order valence-corrected chi connectivity index (χ3v) is 4.88. The zero-order valence-electron chi connectivity index (χ0n) is 14.6. The van der Waals surface area contributed by atoms with E-state index in [1.807, 2.05) is 56.5 Å². The topological polar surface area (TPSA) is 49.4 Å². The Morgan fingerprint density at radius 1 is 1.17 bits per heavy atom. The molecular weight excluding hydrogens is 320 g/mol. The second-order valence-corrected chi connectivity index (χ2v) is 7.24. The molecule has 0 aliphatic carbocycles. The molecule has 0 saturated heterocycles. The van der Waals surface area contributed by atoms with Gasteiger partial charge in [0.05, 0.1) is 4.88 Å². The molecule has 1 atom stereocenters. The number of benzene rings is 1. The number of nitrogens with one attached hydrogen (secondary N) is 1. The highest BCUT2D eigenvalue weighted by Gasteiger charge is 2.27. The fourth-order valence-electron chi connectivity index (χ4n) is 2.49. The van der Waals surface area contributed by atoms with Crippen LogP contribution in [-0.4, -0.2) is 29.8 Å². The van der Waals surface area contributed by atoms with Crippen LogP contribution in [0.4, 0.5) is 0 Å². The van der Waals surface area contributed by atoms with E-state index in [0.717, 1.165) is 11.1 Å². The van der Waals surface area contributed by atoms with Crippen LogP contribution in [0.2, 0.25) is 0 Å². The molecule has 2 aromatic rings. The molecule has 0 radical (unpaired) electrons. The number of hydrogen-bond donors (Lipinski definition) is 1. The SMILES string of the molecule is Cc1ccccc1CN(C)C(=O)C(NC(=O)c1cccs1)C(C)C. The molecule has 128 valence electrons. The van der Waals surface area contributed by atoms with Gasteiger partial charge in [0.1, 0.15) is 6.04 Å². The molecular formula is C19H24N2O2S. The van der Waals surface area contributed by atoms with E-state index >= 15 is 0 Å². The van der Waals surface area contributed by atoms with Crippen molar-refractivity contribution in [3.8, 4) is 0 Å². The van der Waals surface area contributed by atoms with Crippen molar-refractivity contribution in [3.05, 3.63) is 57.8 Å². The van der Waals surface area contributed by atoms with Crippen LogP contribution in [0.3, 0.4) is 0 Å². The predicted molar refractivity (Wildman–Crippen MR) is 98.1 cm³/mol. The van der Waals surface area contributed by atoms with E-state index in [-0.39, 0.29) is 17.7 Å². The lowest BCUT2D eigenvalue weighted by molar-refractivity contribution is -0.133. The van der Waals surface area contributed by atoms with E-state index in [1.165, 1.54) is 11.3 Å². The first kappa shape index (κ1) is 18.2. The maximum atomic E-state index is 12.8. The maximum absolute atomic E-state index is 12.8. The molecule has 0 spiro atoms. The molecule has 0 aliphatic heterocycles. The van der Waals surface area contributed by atoms with Crippen molar-refractivity contribution in [1.29, 1.82) is 0 Å². The Hall–Kier alpha value is -2.14. The van der Waals surface area contributed by atoms with Crippen LogP contribution in [0.25, 0.3) is 0 Å². The number of likely N-dealkylation sites (N-methyl/N-ethyl adjacent to an activating group) is 1. The molecule has 24 heavy (non-hydrogen) atoms. The fourth-order valence-corrected chi connectivity index (χ4v) is 3.12. The first-order valence-electron chi connectivity index (χ1n) is 8.04. The van der Waals surface area contributed by atoms with Crippen molar-refractivity contribution in [2.24, 2.45) is 5.92 Å². The minimum absolute atomic E-state index is 0.0146. The fraction of sp³-hybridized carbons (Fsp3) is 0.368. The number of hydrogen-bond acceptors (Lipinski definition) is 3. The minimum atomic E-state index is -0.534. The summed E-state index contributed by atoms with van der Waals surface area (Å²) in [5.74, 6) is -0.250. The normalized spacial score (nSPS) is 12.0. The Bertz CT molecular complexity index is 695. The maximum Gasteiger partial charge on any atom is 0.262 e. The second kappa shape index (κ2) is 8.11. The highest BCUT2D eigenvalue weighted by Crippen LogP contribution is 2.14. The summed E-state index contributed by atoms with van der Waals surface area (Å²) < 4.78 is 0. The summed E-state index contributed by atoms with van der Waals surface area (Å²) in [5.41, 5.74) is 2.27. The van der Waals surface area contributed by atoms with Crippen molar-refractivity contribution in [1.82, 2.24) is 10.2 Å².